The van der Waals surface area contributed by atoms with Crippen molar-refractivity contribution in [2.75, 3.05) is 32.8 Å². The number of halogens is 2. The van der Waals surface area contributed by atoms with E-state index in [1.54, 1.807) is 16.7 Å². The summed E-state index contributed by atoms with van der Waals surface area (Å²) in [6.07, 6.45) is 1.00. The lowest BCUT2D eigenvalue weighted by molar-refractivity contribution is 0.0570. The van der Waals surface area contributed by atoms with Crippen molar-refractivity contribution in [2.24, 2.45) is 0 Å². The van der Waals surface area contributed by atoms with Crippen LogP contribution in [0.2, 0.25) is 10.2 Å². The lowest BCUT2D eigenvalue weighted by atomic mass is 10.2. The fourth-order valence-electron chi connectivity index (χ4n) is 2.05. The van der Waals surface area contributed by atoms with Crippen LogP contribution in [0.4, 0.5) is 4.79 Å². The summed E-state index contributed by atoms with van der Waals surface area (Å²) in [5.41, 5.74) is 0.321. The van der Waals surface area contributed by atoms with Crippen LogP contribution in [0.5, 0.6) is 0 Å². The van der Waals surface area contributed by atoms with Crippen molar-refractivity contribution in [3.8, 4) is 0 Å². The van der Waals surface area contributed by atoms with Crippen LogP contribution < -0.4 is 0 Å². The molecule has 2 rings (SSSR count). The van der Waals surface area contributed by atoms with Gasteiger partial charge in [0.15, 0.2) is 0 Å². The number of amides is 2. The number of aromatic nitrogens is 1. The van der Waals surface area contributed by atoms with Crippen LogP contribution in [0.1, 0.15) is 17.3 Å². The van der Waals surface area contributed by atoms with Crippen LogP contribution in [0.25, 0.3) is 0 Å². The average Bonchev–Trinajstić information content (AvgIpc) is 2.49. The molecular weight excluding hydrogens is 317 g/mol. The molecule has 1 aliphatic rings. The molecule has 0 atom stereocenters. The van der Waals surface area contributed by atoms with E-state index in [9.17, 15) is 9.59 Å². The van der Waals surface area contributed by atoms with Crippen LogP contribution in [0.15, 0.2) is 12.3 Å². The molecule has 1 aliphatic heterocycles. The van der Waals surface area contributed by atoms with E-state index in [4.69, 9.17) is 27.9 Å². The Balaban J connectivity index is 2.00. The minimum atomic E-state index is -0.352. The van der Waals surface area contributed by atoms with Gasteiger partial charge in [-0.3, -0.25) is 4.79 Å². The van der Waals surface area contributed by atoms with Crippen LogP contribution in [-0.4, -0.2) is 59.6 Å². The Morgan fingerprint density at radius 1 is 1.24 bits per heavy atom. The summed E-state index contributed by atoms with van der Waals surface area (Å²) in [4.78, 5) is 31.0. The van der Waals surface area contributed by atoms with Crippen molar-refractivity contribution >= 4 is 35.2 Å². The third-order valence-corrected chi connectivity index (χ3v) is 3.65. The van der Waals surface area contributed by atoms with Gasteiger partial charge in [-0.2, -0.15) is 0 Å². The quantitative estimate of drug-likeness (QED) is 0.780. The molecule has 0 radical (unpaired) electrons. The molecule has 6 nitrogen and oxygen atoms in total. The first-order valence-corrected chi connectivity index (χ1v) is 7.30. The molecule has 0 bridgehead atoms. The Labute approximate surface area is 132 Å². The van der Waals surface area contributed by atoms with Gasteiger partial charge in [-0.05, 0) is 13.0 Å². The first-order valence-electron chi connectivity index (χ1n) is 6.55. The highest BCUT2D eigenvalue weighted by atomic mass is 35.5. The maximum atomic E-state index is 12.4. The minimum Gasteiger partial charge on any atom is -0.450 e. The highest BCUT2D eigenvalue weighted by Crippen LogP contribution is 2.20. The molecule has 8 heteroatoms. The molecule has 2 heterocycles. The monoisotopic (exact) mass is 331 g/mol. The van der Waals surface area contributed by atoms with Gasteiger partial charge in [0.2, 0.25) is 0 Å². The van der Waals surface area contributed by atoms with E-state index in [1.807, 2.05) is 0 Å². The van der Waals surface area contributed by atoms with E-state index >= 15 is 0 Å². The van der Waals surface area contributed by atoms with Crippen molar-refractivity contribution in [1.29, 1.82) is 0 Å². The third-order valence-electron chi connectivity index (χ3n) is 3.15. The van der Waals surface area contributed by atoms with Gasteiger partial charge in [0, 0.05) is 32.4 Å². The molecule has 2 amide bonds. The summed E-state index contributed by atoms with van der Waals surface area (Å²) in [7, 11) is 0. The van der Waals surface area contributed by atoms with Gasteiger partial charge < -0.3 is 14.5 Å². The summed E-state index contributed by atoms with van der Waals surface area (Å²) in [5, 5.41) is 0.477. The second-order valence-corrected chi connectivity index (χ2v) is 5.26. The van der Waals surface area contributed by atoms with Gasteiger partial charge >= 0.3 is 6.09 Å². The predicted molar refractivity (Wildman–Crippen MR) is 78.8 cm³/mol. The second kappa shape index (κ2) is 6.95. The zero-order valence-electron chi connectivity index (χ0n) is 11.5. The third kappa shape index (κ3) is 3.77. The molecule has 0 aliphatic carbocycles. The van der Waals surface area contributed by atoms with E-state index in [0.29, 0.717) is 38.3 Å². The van der Waals surface area contributed by atoms with E-state index in [1.165, 1.54) is 12.3 Å². The fraction of sp³-hybridized carbons (Fsp3) is 0.462. The van der Waals surface area contributed by atoms with Crippen LogP contribution in [0, 0.1) is 0 Å². The molecular formula is C13H15Cl2N3O3. The highest BCUT2D eigenvalue weighted by molar-refractivity contribution is 6.35. The normalized spacial score (nSPS) is 15.0. The molecule has 114 valence electrons. The number of ether oxygens (including phenoxy) is 1. The summed E-state index contributed by atoms with van der Waals surface area (Å²) in [5.74, 6) is -0.215. The van der Waals surface area contributed by atoms with Gasteiger partial charge in [0.05, 0.1) is 17.2 Å². The predicted octanol–water partition coefficient (Wildman–Crippen LogP) is 2.30. The lowest BCUT2D eigenvalue weighted by Crippen LogP contribution is -2.50. The highest BCUT2D eigenvalue weighted by Gasteiger charge is 2.26. The van der Waals surface area contributed by atoms with Gasteiger partial charge in [0.1, 0.15) is 5.15 Å². The Kier molecular flexibility index (Phi) is 5.25. The van der Waals surface area contributed by atoms with Gasteiger partial charge in [0.25, 0.3) is 5.91 Å². The van der Waals surface area contributed by atoms with Crippen molar-refractivity contribution < 1.29 is 14.3 Å². The van der Waals surface area contributed by atoms with Gasteiger partial charge in [-0.1, -0.05) is 23.2 Å². The standard InChI is InChI=1S/C13H15Cl2N3O3/c1-2-21-13(20)18-5-3-17(4-6-18)12(19)9-7-11(15)16-8-10(9)14/h7-8H,2-6H2,1H3. The smallest absolute Gasteiger partial charge is 0.409 e. The number of nitrogens with zero attached hydrogens (tertiary/aromatic N) is 3. The first-order chi connectivity index (χ1) is 10.0. The maximum absolute atomic E-state index is 12.4. The molecule has 0 N–H and O–H groups in total. The largest absolute Gasteiger partial charge is 0.450 e. The summed E-state index contributed by atoms with van der Waals surface area (Å²) in [6.45, 7) is 3.81. The average molecular weight is 332 g/mol. The lowest BCUT2D eigenvalue weighted by Gasteiger charge is -2.34. The Morgan fingerprint density at radius 2 is 1.86 bits per heavy atom. The first kappa shape index (κ1) is 15.9. The van der Waals surface area contributed by atoms with Crippen molar-refractivity contribution in [3.63, 3.8) is 0 Å². The number of carbonyl (C=O) groups is 2. The SMILES string of the molecule is CCOC(=O)N1CCN(C(=O)c2cc(Cl)ncc2Cl)CC1. The topological polar surface area (TPSA) is 62.7 Å². The second-order valence-electron chi connectivity index (χ2n) is 4.47. The fourth-order valence-corrected chi connectivity index (χ4v) is 2.40. The minimum absolute atomic E-state index is 0.215. The zero-order chi connectivity index (χ0) is 15.4. The van der Waals surface area contributed by atoms with Crippen LogP contribution in [0.3, 0.4) is 0 Å². The summed E-state index contributed by atoms with van der Waals surface area (Å²) < 4.78 is 4.93. The maximum Gasteiger partial charge on any atom is 0.409 e. The Morgan fingerprint density at radius 3 is 2.48 bits per heavy atom. The number of carbonyl (C=O) groups excluding carboxylic acids is 2. The van der Waals surface area contributed by atoms with Crippen molar-refractivity contribution in [3.05, 3.63) is 28.0 Å². The van der Waals surface area contributed by atoms with E-state index in [2.05, 4.69) is 4.98 Å². The molecule has 1 saturated heterocycles. The number of rotatable bonds is 2. The van der Waals surface area contributed by atoms with Crippen molar-refractivity contribution in [1.82, 2.24) is 14.8 Å². The van der Waals surface area contributed by atoms with E-state index in [0.717, 1.165) is 0 Å². The molecule has 0 aromatic carbocycles. The summed E-state index contributed by atoms with van der Waals surface area (Å²) in [6, 6.07) is 1.45. The number of piperazine rings is 1. The molecule has 1 aromatic rings. The van der Waals surface area contributed by atoms with E-state index < -0.39 is 0 Å². The van der Waals surface area contributed by atoms with Crippen LogP contribution in [-0.2, 0) is 4.74 Å². The molecule has 0 saturated carbocycles. The summed E-state index contributed by atoms with van der Waals surface area (Å²) >= 11 is 11.8. The Hall–Kier alpha value is -1.53. The number of pyridine rings is 1. The molecule has 0 unspecified atom stereocenters. The Bertz CT molecular complexity index is 545. The molecule has 1 aromatic heterocycles. The number of hydrogen-bond acceptors (Lipinski definition) is 4. The van der Waals surface area contributed by atoms with E-state index in [-0.39, 0.29) is 22.2 Å². The van der Waals surface area contributed by atoms with Crippen LogP contribution >= 0.6 is 23.2 Å². The van der Waals surface area contributed by atoms with Crippen molar-refractivity contribution in [2.45, 2.75) is 6.92 Å². The number of hydrogen-bond donors (Lipinski definition) is 0. The van der Waals surface area contributed by atoms with Gasteiger partial charge in [-0.25, -0.2) is 9.78 Å². The molecule has 21 heavy (non-hydrogen) atoms. The zero-order valence-corrected chi connectivity index (χ0v) is 13.0. The van der Waals surface area contributed by atoms with Gasteiger partial charge in [-0.15, -0.1) is 0 Å². The molecule has 0 spiro atoms. The molecule has 1 fully saturated rings.